The van der Waals surface area contributed by atoms with E-state index in [0.717, 1.165) is 121 Å². The van der Waals surface area contributed by atoms with Gasteiger partial charge < -0.3 is 14.2 Å². The van der Waals surface area contributed by atoms with Crippen molar-refractivity contribution in [2.45, 2.75) is 271 Å². The lowest BCUT2D eigenvalue weighted by Crippen LogP contribution is -2.51. The number of benzene rings is 2. The lowest BCUT2D eigenvalue weighted by Gasteiger charge is -2.58. The fraction of sp³-hybridized carbons (Fsp3) is 0.789. The fourth-order valence-electron chi connectivity index (χ4n) is 20.8. The van der Waals surface area contributed by atoms with Gasteiger partial charge in [-0.05, 0) is 234 Å². The van der Waals surface area contributed by atoms with E-state index in [0.29, 0.717) is 24.0 Å². The van der Waals surface area contributed by atoms with E-state index < -0.39 is 32.4 Å². The lowest BCUT2D eigenvalue weighted by molar-refractivity contribution is -0.0682. The third-order valence-corrected chi connectivity index (χ3v) is 28.6. The Balaban J connectivity index is 0.760. The van der Waals surface area contributed by atoms with Crippen LogP contribution in [0.5, 0.6) is 0 Å². The smallest absolute Gasteiger partial charge is 0.297 e. The highest BCUT2D eigenvalue weighted by atomic mass is 32.2. The Hall–Kier alpha value is -2.38. The first-order valence-electron chi connectivity index (χ1n) is 35.5. The Kier molecular flexibility index (Phi) is 21.8. The number of hydrogen-bond acceptors (Lipinski definition) is 9. The van der Waals surface area contributed by atoms with Gasteiger partial charge in [0.1, 0.15) is 12.2 Å². The van der Waals surface area contributed by atoms with Crippen molar-refractivity contribution < 1.29 is 39.4 Å². The van der Waals surface area contributed by atoms with Crippen LogP contribution in [0.25, 0.3) is 0 Å². The van der Waals surface area contributed by atoms with Crippen LogP contribution < -0.4 is 0 Å². The molecule has 18 atom stereocenters. The second kappa shape index (κ2) is 28.1. The summed E-state index contributed by atoms with van der Waals surface area (Å²) in [4.78, 5) is 0.160. The van der Waals surface area contributed by atoms with Crippen molar-refractivity contribution in [3.63, 3.8) is 0 Å². The Morgan fingerprint density at radius 3 is 1.24 bits per heavy atom. The zero-order valence-electron chi connectivity index (χ0n) is 56.3. The summed E-state index contributed by atoms with van der Waals surface area (Å²) in [6.07, 6.45) is 31.6. The Bertz CT molecular complexity index is 2680. The van der Waals surface area contributed by atoms with Crippen molar-refractivity contribution in [1.29, 1.82) is 0 Å². The van der Waals surface area contributed by atoms with Gasteiger partial charge in [0, 0.05) is 26.1 Å². The molecule has 10 rings (SSSR count). The maximum atomic E-state index is 14.0. The molecule has 0 saturated heterocycles. The zero-order valence-corrected chi connectivity index (χ0v) is 57.9. The maximum Gasteiger partial charge on any atom is 0.297 e. The van der Waals surface area contributed by atoms with Crippen molar-refractivity contribution in [3.8, 4) is 0 Å². The second-order valence-electron chi connectivity index (χ2n) is 32.1. The molecular formula is C76H118O9S2. The molecule has 0 radical (unpaired) electrons. The van der Waals surface area contributed by atoms with Gasteiger partial charge in [-0.25, -0.2) is 0 Å². The fourth-order valence-corrected chi connectivity index (χ4v) is 23.0. The Labute approximate surface area is 530 Å². The third-order valence-electron chi connectivity index (χ3n) is 25.9. The van der Waals surface area contributed by atoms with Crippen LogP contribution in [0, 0.1) is 107 Å². The summed E-state index contributed by atoms with van der Waals surface area (Å²) >= 11 is 0. The van der Waals surface area contributed by atoms with Crippen LogP contribution in [0.15, 0.2) is 81.6 Å². The van der Waals surface area contributed by atoms with Gasteiger partial charge in [0.05, 0.1) is 35.2 Å². The van der Waals surface area contributed by atoms with Gasteiger partial charge in [-0.2, -0.15) is 16.8 Å². The summed E-state index contributed by atoms with van der Waals surface area (Å²) in [6.45, 7) is 29.3. The first kappa shape index (κ1) is 67.5. The third kappa shape index (κ3) is 14.9. The average Bonchev–Trinajstić information content (AvgIpc) is 1.76. The van der Waals surface area contributed by atoms with E-state index in [2.05, 4.69) is 81.4 Å². The molecule has 2 aromatic rings. The summed E-state index contributed by atoms with van der Waals surface area (Å²) in [5.41, 5.74) is 6.34. The highest BCUT2D eigenvalue weighted by Gasteiger charge is 2.61. The number of fused-ring (bicyclic) bond motifs is 10. The van der Waals surface area contributed by atoms with E-state index in [-0.39, 0.29) is 58.9 Å². The van der Waals surface area contributed by atoms with E-state index in [4.69, 9.17) is 22.6 Å². The molecule has 6 fully saturated rings. The predicted molar refractivity (Wildman–Crippen MR) is 352 cm³/mol. The molecule has 488 valence electrons. The molecule has 11 heteroatoms. The van der Waals surface area contributed by atoms with Crippen LogP contribution in [0.1, 0.15) is 234 Å². The minimum Gasteiger partial charge on any atom is -0.378 e. The molecule has 6 saturated carbocycles. The summed E-state index contributed by atoms with van der Waals surface area (Å²) in [5, 5.41) is 0. The van der Waals surface area contributed by atoms with Crippen LogP contribution in [0.2, 0.25) is 0 Å². The molecule has 0 aliphatic heterocycles. The van der Waals surface area contributed by atoms with Crippen molar-refractivity contribution >= 4 is 20.2 Å². The summed E-state index contributed by atoms with van der Waals surface area (Å²) in [6, 6.07) is 13.4. The quantitative estimate of drug-likeness (QED) is 0.0607. The first-order valence-corrected chi connectivity index (χ1v) is 38.3. The molecule has 0 bridgehead atoms. The van der Waals surface area contributed by atoms with E-state index >= 15 is 0 Å². The minimum absolute atomic E-state index is 0.0446. The summed E-state index contributed by atoms with van der Waals surface area (Å²) < 4.78 is 87.7. The van der Waals surface area contributed by atoms with Gasteiger partial charge in [-0.15, -0.1) is 0 Å². The van der Waals surface area contributed by atoms with Gasteiger partial charge in [0.25, 0.3) is 20.2 Å². The Morgan fingerprint density at radius 2 is 0.862 bits per heavy atom. The van der Waals surface area contributed by atoms with E-state index in [1.807, 2.05) is 13.8 Å². The Morgan fingerprint density at radius 1 is 0.471 bits per heavy atom. The normalized spacial score (nSPS) is 35.5. The van der Waals surface area contributed by atoms with Gasteiger partial charge in [-0.3, -0.25) is 8.37 Å². The number of rotatable bonds is 28. The van der Waals surface area contributed by atoms with E-state index in [1.165, 1.54) is 103 Å². The molecule has 2 aromatic carbocycles. The van der Waals surface area contributed by atoms with Crippen molar-refractivity contribution in [3.05, 3.63) is 83.0 Å². The van der Waals surface area contributed by atoms with E-state index in [1.54, 1.807) is 59.7 Å². The van der Waals surface area contributed by atoms with Crippen LogP contribution >= 0.6 is 0 Å². The lowest BCUT2D eigenvalue weighted by atomic mass is 9.47. The number of aryl methyl sites for hydroxylation is 2. The molecule has 8 aliphatic rings. The number of hydrogen-bond donors (Lipinski definition) is 0. The molecule has 0 amide bonds. The minimum atomic E-state index is -4.17. The molecule has 9 nitrogen and oxygen atoms in total. The van der Waals surface area contributed by atoms with Crippen molar-refractivity contribution in [2.75, 3.05) is 26.4 Å². The average molecular weight is 1240 g/mol. The highest BCUT2D eigenvalue weighted by molar-refractivity contribution is 7.87. The molecule has 2 unspecified atom stereocenters. The van der Waals surface area contributed by atoms with Gasteiger partial charge in [-0.1, -0.05) is 166 Å². The van der Waals surface area contributed by atoms with Gasteiger partial charge in [0.15, 0.2) is 0 Å². The molecular weight excluding hydrogens is 1120 g/mol. The monoisotopic (exact) mass is 1240 g/mol. The van der Waals surface area contributed by atoms with Gasteiger partial charge in [0.2, 0.25) is 0 Å². The highest BCUT2D eigenvalue weighted by Crippen LogP contribution is 2.69. The number of allylic oxidation sites excluding steroid dienone is 2. The topological polar surface area (TPSA) is 114 Å². The van der Waals surface area contributed by atoms with Crippen LogP contribution in [-0.2, 0) is 42.8 Å². The largest absolute Gasteiger partial charge is 0.378 e. The molecule has 0 aromatic heterocycles. The molecule has 0 N–H and O–H groups in total. The number of ether oxygens (including phenoxy) is 3. The first-order chi connectivity index (χ1) is 41.3. The van der Waals surface area contributed by atoms with Gasteiger partial charge >= 0.3 is 0 Å². The van der Waals surface area contributed by atoms with Crippen molar-refractivity contribution in [2.24, 2.45) is 92.7 Å². The SMILES string of the molecule is Cc1ccc(S(=O)(=O)OC(CCO[C@H]2CC[C@@]3(C)C(=CC[C@H]4[C@@H]5CC[C@H]([C@H](C)CCCC(C)C)[C@@]5(C)CC[C@@H]43)C2)COCC(CCO[C@H]2CC[C@@]3(C)C(=CC[C@H]4[C@@H]5CC[C@H]([C@H](C)CCCC(C)C)[C@@]5(C)CC[C@@H]43)C2)OS(=O)(=O)c2ccc(C)cc2)cc1. The zero-order chi connectivity index (χ0) is 62.1. The molecule has 8 aliphatic carbocycles. The standard InChI is InChI=1S/C76H118O9S2/c1-51(2)15-13-17-55(7)67-31-33-69-65-29-23-57-47-59(35-41-73(57,9)71(65)37-43-75(67,69)11)82-45-39-61(84-86(77,78)63-25-19-53(5)20-26-63)49-81-50-62(85-87(79,80)64-27-21-54(6)22-28-64)40-46-83-60-36-42-74(10)58(48-60)24-30-66-70-34-32-68(56(8)18-14-16-52(3)4)76(70,12)44-38-72(66)74/h19-28,51-52,55-56,59-62,65-72H,13-18,29-50H2,1-12H3/t55-,56-,59+,60+,61?,62?,65+,66+,67-,68-,69+,70+,71+,72+,73+,74+,75-,76-/m1/s1. The van der Waals surface area contributed by atoms with Crippen molar-refractivity contribution in [1.82, 2.24) is 0 Å². The van der Waals surface area contributed by atoms with Crippen LogP contribution in [0.4, 0.5) is 0 Å². The maximum absolute atomic E-state index is 14.0. The molecule has 0 heterocycles. The molecule has 87 heavy (non-hydrogen) atoms. The van der Waals surface area contributed by atoms with E-state index in [9.17, 15) is 16.8 Å². The molecule has 0 spiro atoms. The summed E-state index contributed by atoms with van der Waals surface area (Å²) in [7, 11) is -8.35. The van der Waals surface area contributed by atoms with Crippen LogP contribution in [-0.4, -0.2) is 67.7 Å². The predicted octanol–water partition coefficient (Wildman–Crippen LogP) is 18.8. The summed E-state index contributed by atoms with van der Waals surface area (Å²) in [5.74, 6) is 9.45. The van der Waals surface area contributed by atoms with Crippen LogP contribution in [0.3, 0.4) is 0 Å². The second-order valence-corrected chi connectivity index (χ2v) is 35.3.